The zero-order valence-corrected chi connectivity index (χ0v) is 12.4. The number of hydrogen-bond acceptors (Lipinski definition) is 3. The van der Waals surface area contributed by atoms with Crippen molar-refractivity contribution in [3.8, 4) is 11.5 Å². The highest BCUT2D eigenvalue weighted by Gasteiger charge is 2.33. The average molecular weight is 325 g/mol. The van der Waals surface area contributed by atoms with E-state index in [0.29, 0.717) is 5.75 Å². The van der Waals surface area contributed by atoms with Crippen molar-refractivity contribution in [1.82, 2.24) is 0 Å². The van der Waals surface area contributed by atoms with Crippen molar-refractivity contribution in [3.63, 3.8) is 0 Å². The minimum Gasteiger partial charge on any atom is -0.497 e. The van der Waals surface area contributed by atoms with Crippen LogP contribution in [0.5, 0.6) is 11.5 Å². The van der Waals surface area contributed by atoms with Gasteiger partial charge in [-0.15, -0.1) is 0 Å². The molecule has 0 aliphatic rings. The van der Waals surface area contributed by atoms with Crippen molar-refractivity contribution in [2.45, 2.75) is 6.18 Å². The molecule has 2 aromatic carbocycles. The lowest BCUT2D eigenvalue weighted by molar-refractivity contribution is -0.136. The molecule has 23 heavy (non-hydrogen) atoms. The van der Waals surface area contributed by atoms with E-state index >= 15 is 0 Å². The Morgan fingerprint density at radius 3 is 2.35 bits per heavy atom. The summed E-state index contributed by atoms with van der Waals surface area (Å²) in [6.45, 7) is 0. The Bertz CT molecular complexity index is 714. The summed E-state index contributed by atoms with van der Waals surface area (Å²) >= 11 is 0. The van der Waals surface area contributed by atoms with Gasteiger partial charge in [-0.1, -0.05) is 12.1 Å². The molecule has 0 fully saturated rings. The number of alkyl halides is 3. The zero-order valence-electron chi connectivity index (χ0n) is 12.4. The van der Waals surface area contributed by atoms with Crippen LogP contribution in [0, 0.1) is 0 Å². The maximum absolute atomic E-state index is 13.0. The van der Waals surface area contributed by atoms with Crippen molar-refractivity contribution in [2.24, 2.45) is 0 Å². The van der Waals surface area contributed by atoms with Gasteiger partial charge < -0.3 is 14.8 Å². The Kier molecular flexibility index (Phi) is 4.78. The van der Waals surface area contributed by atoms with Gasteiger partial charge in [0.25, 0.3) is 5.91 Å². The van der Waals surface area contributed by atoms with Crippen LogP contribution < -0.4 is 14.8 Å². The van der Waals surface area contributed by atoms with Gasteiger partial charge in [-0.25, -0.2) is 0 Å². The molecule has 0 saturated carbocycles. The number of rotatable bonds is 4. The van der Waals surface area contributed by atoms with Crippen LogP contribution in [-0.4, -0.2) is 20.1 Å². The van der Waals surface area contributed by atoms with Gasteiger partial charge in [-0.2, -0.15) is 13.2 Å². The molecule has 0 radical (unpaired) electrons. The first-order valence-electron chi connectivity index (χ1n) is 6.56. The Hall–Kier alpha value is -2.70. The van der Waals surface area contributed by atoms with E-state index in [1.807, 2.05) is 0 Å². The van der Waals surface area contributed by atoms with Crippen LogP contribution in [0.1, 0.15) is 15.9 Å². The minimum atomic E-state index is -4.56. The second kappa shape index (κ2) is 6.60. The van der Waals surface area contributed by atoms with Crippen LogP contribution in [0.25, 0.3) is 0 Å². The molecular weight excluding hydrogens is 311 g/mol. The fourth-order valence-corrected chi connectivity index (χ4v) is 2.02. The maximum atomic E-state index is 13.0. The van der Waals surface area contributed by atoms with Crippen molar-refractivity contribution < 1.29 is 27.4 Å². The molecule has 7 heteroatoms. The number of para-hydroxylation sites is 1. The Morgan fingerprint density at radius 1 is 1.04 bits per heavy atom. The molecule has 0 atom stereocenters. The molecule has 0 bridgehead atoms. The fourth-order valence-electron chi connectivity index (χ4n) is 2.02. The smallest absolute Gasteiger partial charge is 0.418 e. The van der Waals surface area contributed by atoms with Crippen LogP contribution in [-0.2, 0) is 6.18 Å². The topological polar surface area (TPSA) is 47.6 Å². The highest BCUT2D eigenvalue weighted by molar-refractivity contribution is 6.06. The zero-order chi connectivity index (χ0) is 17.0. The third-order valence-electron chi connectivity index (χ3n) is 3.13. The quantitative estimate of drug-likeness (QED) is 0.925. The first-order chi connectivity index (χ1) is 10.9. The molecule has 2 rings (SSSR count). The summed E-state index contributed by atoms with van der Waals surface area (Å²) in [5.74, 6) is -0.0402. The number of halogens is 3. The van der Waals surface area contributed by atoms with Crippen molar-refractivity contribution in [2.75, 3.05) is 19.5 Å². The summed E-state index contributed by atoms with van der Waals surface area (Å²) in [5, 5.41) is 2.27. The number of benzene rings is 2. The van der Waals surface area contributed by atoms with Crippen LogP contribution in [0.4, 0.5) is 18.9 Å². The maximum Gasteiger partial charge on any atom is 0.418 e. The van der Waals surface area contributed by atoms with Gasteiger partial charge in [0.05, 0.1) is 31.0 Å². The molecule has 0 aliphatic carbocycles. The van der Waals surface area contributed by atoms with Gasteiger partial charge in [-0.3, -0.25) is 4.79 Å². The minimum absolute atomic E-state index is 0.102. The highest BCUT2D eigenvalue weighted by atomic mass is 19.4. The molecular formula is C16H14F3NO3. The third-order valence-corrected chi connectivity index (χ3v) is 3.13. The summed E-state index contributed by atoms with van der Waals surface area (Å²) < 4.78 is 49.0. The summed E-state index contributed by atoms with van der Waals surface area (Å²) in [5.41, 5.74) is -1.13. The predicted octanol–water partition coefficient (Wildman–Crippen LogP) is 3.97. The van der Waals surface area contributed by atoms with Crippen LogP contribution in [0.2, 0.25) is 0 Å². The number of anilines is 1. The second-order valence-corrected chi connectivity index (χ2v) is 4.56. The molecule has 0 unspecified atom stereocenters. The third kappa shape index (κ3) is 3.74. The summed E-state index contributed by atoms with van der Waals surface area (Å²) in [6.07, 6.45) is -4.56. The van der Waals surface area contributed by atoms with Crippen LogP contribution in [0.3, 0.4) is 0 Å². The van der Waals surface area contributed by atoms with E-state index in [2.05, 4.69) is 5.32 Å². The van der Waals surface area contributed by atoms with E-state index in [9.17, 15) is 18.0 Å². The van der Waals surface area contributed by atoms with Crippen LogP contribution >= 0.6 is 0 Å². The lowest BCUT2D eigenvalue weighted by Gasteiger charge is -2.15. The molecule has 2 aromatic rings. The fraction of sp³-hybridized carbons (Fsp3) is 0.188. The molecule has 0 aromatic heterocycles. The lowest BCUT2D eigenvalue weighted by atomic mass is 10.1. The van der Waals surface area contributed by atoms with E-state index in [-0.39, 0.29) is 17.0 Å². The first-order valence-corrected chi connectivity index (χ1v) is 6.56. The molecule has 0 aliphatic heterocycles. The Labute approximate surface area is 130 Å². The number of carbonyl (C=O) groups excluding carboxylic acids is 1. The second-order valence-electron chi connectivity index (χ2n) is 4.56. The van der Waals surface area contributed by atoms with Gasteiger partial charge in [0, 0.05) is 6.07 Å². The Morgan fingerprint density at radius 2 is 1.74 bits per heavy atom. The first kappa shape index (κ1) is 16.7. The van der Waals surface area contributed by atoms with E-state index < -0.39 is 17.6 Å². The van der Waals surface area contributed by atoms with E-state index in [1.165, 1.54) is 50.6 Å². The number of methoxy groups -OCH3 is 2. The van der Waals surface area contributed by atoms with Gasteiger partial charge in [0.15, 0.2) is 0 Å². The van der Waals surface area contributed by atoms with Crippen molar-refractivity contribution in [3.05, 3.63) is 53.6 Å². The van der Waals surface area contributed by atoms with Gasteiger partial charge in [0.1, 0.15) is 11.5 Å². The molecule has 122 valence electrons. The van der Waals surface area contributed by atoms with Gasteiger partial charge in [0.2, 0.25) is 0 Å². The van der Waals surface area contributed by atoms with E-state index in [0.717, 1.165) is 6.07 Å². The Balaban J connectivity index is 2.34. The monoisotopic (exact) mass is 325 g/mol. The molecule has 0 heterocycles. The summed E-state index contributed by atoms with van der Waals surface area (Å²) in [4.78, 5) is 12.3. The number of amides is 1. The summed E-state index contributed by atoms with van der Waals surface area (Å²) in [6, 6.07) is 9.18. The molecule has 0 saturated heterocycles. The standard InChI is InChI=1S/C16H14F3NO3/c1-22-10-7-8-11(14(9-10)23-2)15(21)20-13-6-4-3-5-12(13)16(17,18)19/h3-9H,1-2H3,(H,20,21). The largest absolute Gasteiger partial charge is 0.497 e. The number of carbonyl (C=O) groups is 1. The SMILES string of the molecule is COc1ccc(C(=O)Nc2ccccc2C(F)(F)F)c(OC)c1. The highest BCUT2D eigenvalue weighted by Crippen LogP contribution is 2.35. The molecule has 1 amide bonds. The lowest BCUT2D eigenvalue weighted by Crippen LogP contribution is -2.17. The molecule has 0 spiro atoms. The van der Waals surface area contributed by atoms with Crippen molar-refractivity contribution in [1.29, 1.82) is 0 Å². The summed E-state index contributed by atoms with van der Waals surface area (Å²) in [7, 11) is 2.81. The van der Waals surface area contributed by atoms with Crippen molar-refractivity contribution >= 4 is 11.6 Å². The van der Waals surface area contributed by atoms with Gasteiger partial charge in [-0.05, 0) is 24.3 Å². The number of ether oxygens (including phenoxy) is 2. The van der Waals surface area contributed by atoms with Gasteiger partial charge >= 0.3 is 6.18 Å². The number of hydrogen-bond donors (Lipinski definition) is 1. The number of nitrogens with one attached hydrogen (secondary N) is 1. The van der Waals surface area contributed by atoms with E-state index in [1.54, 1.807) is 0 Å². The average Bonchev–Trinajstić information content (AvgIpc) is 2.53. The predicted molar refractivity (Wildman–Crippen MR) is 78.9 cm³/mol. The molecule has 4 nitrogen and oxygen atoms in total. The molecule has 1 N–H and O–H groups in total. The normalized spacial score (nSPS) is 11.0. The van der Waals surface area contributed by atoms with Crippen LogP contribution in [0.15, 0.2) is 42.5 Å². The van der Waals surface area contributed by atoms with E-state index in [4.69, 9.17) is 9.47 Å².